The molecule has 48 heavy (non-hydrogen) atoms. The second-order valence-corrected chi connectivity index (χ2v) is 13.6. The molecule has 1 nitrogen and oxygen atoms in total. The van der Waals surface area contributed by atoms with E-state index < -0.39 is 0 Å². The molecule has 2 heterocycles. The number of hydrogen-bond acceptors (Lipinski definition) is 0. The Morgan fingerprint density at radius 1 is 0.521 bits per heavy atom. The summed E-state index contributed by atoms with van der Waals surface area (Å²) in [6.07, 6.45) is 2.16. The molecule has 9 aromatic rings. The van der Waals surface area contributed by atoms with E-state index in [0.717, 1.165) is 12.8 Å². The van der Waals surface area contributed by atoms with Crippen LogP contribution >= 0.6 is 0 Å². The fraction of sp³-hybridized carbons (Fsp3) is 0.106. The molecule has 0 spiro atoms. The first kappa shape index (κ1) is 27.5. The number of aromatic nitrogens is 1. The first-order valence-electron chi connectivity index (χ1n) is 17.3. The summed E-state index contributed by atoms with van der Waals surface area (Å²) >= 11 is 0. The average Bonchev–Trinajstić information content (AvgIpc) is 3.66. The molecule has 0 N–H and O–H groups in total. The van der Waals surface area contributed by atoms with Crippen LogP contribution in [0, 0.1) is 6.92 Å². The van der Waals surface area contributed by atoms with E-state index in [1.165, 1.54) is 99.3 Å². The maximum Gasteiger partial charge on any atom is 0.0620 e. The molecule has 228 valence electrons. The Hall–Kier alpha value is -5.66. The van der Waals surface area contributed by atoms with E-state index >= 15 is 0 Å². The molecule has 0 amide bonds. The van der Waals surface area contributed by atoms with Crippen molar-refractivity contribution in [3.63, 3.8) is 0 Å². The van der Waals surface area contributed by atoms with Gasteiger partial charge in [-0.25, -0.2) is 0 Å². The monoisotopic (exact) mass is 613 g/mol. The lowest BCUT2D eigenvalue weighted by molar-refractivity contribution is 0.655. The van der Waals surface area contributed by atoms with Gasteiger partial charge in [-0.2, -0.15) is 0 Å². The molecule has 0 fully saturated rings. The lowest BCUT2D eigenvalue weighted by Gasteiger charge is -2.32. The normalized spacial score (nSPS) is 14.2. The molecule has 1 unspecified atom stereocenters. The summed E-state index contributed by atoms with van der Waals surface area (Å²) in [4.78, 5) is 0. The largest absolute Gasteiger partial charge is 0.308 e. The zero-order valence-corrected chi connectivity index (χ0v) is 27.3. The van der Waals surface area contributed by atoms with Gasteiger partial charge < -0.3 is 4.40 Å². The van der Waals surface area contributed by atoms with Gasteiger partial charge in [0.05, 0.1) is 16.6 Å². The smallest absolute Gasteiger partial charge is 0.0620 e. The number of rotatable bonds is 4. The molecule has 1 aliphatic rings. The standard InChI is InChI=1S/C47H35N/c1-3-30-26-33-21-20-32(31-13-5-4-6-14-31)27-42(33)46-36(24-25-39(45(30)46)35-15-8-7-12-29(35)2)34-22-23-38-41-18-11-17-40-37-16-9-10-19-43(37)48(47(40)41)44(38)28-34/h4-25,27-28,30H,3,26H2,1-2H3. The molecule has 0 bridgehead atoms. The van der Waals surface area contributed by atoms with Crippen LogP contribution in [0.1, 0.15) is 36.0 Å². The predicted octanol–water partition coefficient (Wildman–Crippen LogP) is 12.9. The minimum absolute atomic E-state index is 0.441. The lowest BCUT2D eigenvalue weighted by atomic mass is 9.71. The Balaban J connectivity index is 1.30. The van der Waals surface area contributed by atoms with Crippen LogP contribution in [0.4, 0.5) is 0 Å². The number of hydrogen-bond donors (Lipinski definition) is 0. The minimum Gasteiger partial charge on any atom is -0.308 e. The first-order valence-corrected chi connectivity index (χ1v) is 17.3. The highest BCUT2D eigenvalue weighted by Crippen LogP contribution is 2.51. The SMILES string of the molecule is CCC1Cc2ccc(-c3ccccc3)cc2-c2c(-c3ccc4c5cccc6c7ccccc7n(c4c3)c65)ccc(-c3ccccc3C)c21. The van der Waals surface area contributed by atoms with Crippen LogP contribution in [-0.4, -0.2) is 4.40 Å². The van der Waals surface area contributed by atoms with Gasteiger partial charge in [0.1, 0.15) is 0 Å². The van der Waals surface area contributed by atoms with Crippen LogP contribution in [0.15, 0.2) is 146 Å². The lowest BCUT2D eigenvalue weighted by Crippen LogP contribution is -2.13. The van der Waals surface area contributed by atoms with Gasteiger partial charge in [-0.05, 0) is 105 Å². The summed E-state index contributed by atoms with van der Waals surface area (Å²) in [5.41, 5.74) is 18.8. The molecule has 1 heteroatoms. The highest BCUT2D eigenvalue weighted by Gasteiger charge is 2.30. The van der Waals surface area contributed by atoms with Gasteiger partial charge in [-0.1, -0.05) is 134 Å². The van der Waals surface area contributed by atoms with Crippen LogP contribution in [0.3, 0.4) is 0 Å². The Morgan fingerprint density at radius 3 is 2.06 bits per heavy atom. The topological polar surface area (TPSA) is 4.41 Å². The predicted molar refractivity (Wildman–Crippen MR) is 204 cm³/mol. The van der Waals surface area contributed by atoms with E-state index in [1.54, 1.807) is 0 Å². The summed E-state index contributed by atoms with van der Waals surface area (Å²) < 4.78 is 2.50. The molecular weight excluding hydrogens is 579 g/mol. The molecule has 0 aliphatic heterocycles. The van der Waals surface area contributed by atoms with Crippen LogP contribution in [0.2, 0.25) is 0 Å². The molecule has 0 saturated carbocycles. The molecule has 0 saturated heterocycles. The summed E-state index contributed by atoms with van der Waals surface area (Å²) in [5, 5.41) is 5.28. The van der Waals surface area contributed by atoms with Crippen molar-refractivity contribution in [2.45, 2.75) is 32.6 Å². The maximum atomic E-state index is 2.50. The second kappa shape index (κ2) is 10.4. The van der Waals surface area contributed by atoms with E-state index in [1.807, 2.05) is 0 Å². The first-order chi connectivity index (χ1) is 23.7. The highest BCUT2D eigenvalue weighted by molar-refractivity contribution is 6.23. The van der Waals surface area contributed by atoms with Gasteiger partial charge in [-0.3, -0.25) is 0 Å². The van der Waals surface area contributed by atoms with Crippen molar-refractivity contribution in [3.8, 4) is 44.5 Å². The fourth-order valence-corrected chi connectivity index (χ4v) is 8.80. The van der Waals surface area contributed by atoms with Crippen LogP contribution < -0.4 is 0 Å². The Bertz CT molecular complexity index is 2690. The zero-order valence-electron chi connectivity index (χ0n) is 27.3. The molecule has 10 rings (SSSR count). The third-order valence-electron chi connectivity index (χ3n) is 11.1. The van der Waals surface area contributed by atoms with Crippen molar-refractivity contribution in [1.82, 2.24) is 4.40 Å². The van der Waals surface area contributed by atoms with Crippen LogP contribution in [0.25, 0.3) is 82.6 Å². The molecule has 1 atom stereocenters. The number of nitrogens with zero attached hydrogens (tertiary/aromatic N) is 1. The van der Waals surface area contributed by atoms with E-state index in [4.69, 9.17) is 0 Å². The van der Waals surface area contributed by atoms with Gasteiger partial charge in [0, 0.05) is 21.5 Å². The maximum absolute atomic E-state index is 2.50. The summed E-state index contributed by atoms with van der Waals surface area (Å²) in [7, 11) is 0. The van der Waals surface area contributed by atoms with Gasteiger partial charge in [0.2, 0.25) is 0 Å². The second-order valence-electron chi connectivity index (χ2n) is 13.6. The third-order valence-corrected chi connectivity index (χ3v) is 11.1. The molecule has 7 aromatic carbocycles. The number of aryl methyl sites for hydroxylation is 1. The van der Waals surface area contributed by atoms with Crippen molar-refractivity contribution in [3.05, 3.63) is 162 Å². The van der Waals surface area contributed by atoms with Crippen molar-refractivity contribution >= 4 is 38.1 Å². The van der Waals surface area contributed by atoms with Crippen LogP contribution in [0.5, 0.6) is 0 Å². The molecule has 0 radical (unpaired) electrons. The van der Waals surface area contributed by atoms with Crippen LogP contribution in [-0.2, 0) is 6.42 Å². The van der Waals surface area contributed by atoms with Gasteiger partial charge in [0.15, 0.2) is 0 Å². The number of para-hydroxylation sites is 2. The van der Waals surface area contributed by atoms with E-state index in [-0.39, 0.29) is 0 Å². The van der Waals surface area contributed by atoms with E-state index in [0.29, 0.717) is 5.92 Å². The summed E-state index contributed by atoms with van der Waals surface area (Å²) in [6, 6.07) is 54.6. The van der Waals surface area contributed by atoms with Crippen molar-refractivity contribution in [2.24, 2.45) is 0 Å². The van der Waals surface area contributed by atoms with Crippen molar-refractivity contribution in [1.29, 1.82) is 0 Å². The fourth-order valence-electron chi connectivity index (χ4n) is 8.80. The van der Waals surface area contributed by atoms with Crippen molar-refractivity contribution in [2.75, 3.05) is 0 Å². The molecular formula is C47H35N. The third kappa shape index (κ3) is 3.85. The molecule has 2 aromatic heterocycles. The zero-order chi connectivity index (χ0) is 31.9. The Labute approximate surface area is 281 Å². The quantitative estimate of drug-likeness (QED) is 0.186. The average molecular weight is 614 g/mol. The number of benzene rings is 7. The summed E-state index contributed by atoms with van der Waals surface area (Å²) in [6.45, 7) is 4.61. The van der Waals surface area contributed by atoms with E-state index in [2.05, 4.69) is 164 Å². The van der Waals surface area contributed by atoms with Gasteiger partial charge >= 0.3 is 0 Å². The Kier molecular flexibility index (Phi) is 5.96. The highest BCUT2D eigenvalue weighted by atomic mass is 14.9. The van der Waals surface area contributed by atoms with Gasteiger partial charge in [-0.15, -0.1) is 0 Å². The molecule has 1 aliphatic carbocycles. The number of fused-ring (bicyclic) bond motifs is 9. The van der Waals surface area contributed by atoms with Gasteiger partial charge in [0.25, 0.3) is 0 Å². The van der Waals surface area contributed by atoms with Crippen molar-refractivity contribution < 1.29 is 0 Å². The van der Waals surface area contributed by atoms with E-state index in [9.17, 15) is 0 Å². The summed E-state index contributed by atoms with van der Waals surface area (Å²) in [5.74, 6) is 0.441. The Morgan fingerprint density at radius 2 is 1.23 bits per heavy atom. The minimum atomic E-state index is 0.441.